The molecule has 0 aromatic rings. The molecule has 1 saturated heterocycles. The van der Waals surface area contributed by atoms with E-state index >= 15 is 0 Å². The summed E-state index contributed by atoms with van der Waals surface area (Å²) >= 11 is 0. The van der Waals surface area contributed by atoms with E-state index in [9.17, 15) is 13.9 Å². The van der Waals surface area contributed by atoms with Crippen LogP contribution in [0.15, 0.2) is 0 Å². The molecule has 2 nitrogen and oxygen atoms in total. The summed E-state index contributed by atoms with van der Waals surface area (Å²) in [5.41, 5.74) is 0. The molecule has 4 atom stereocenters. The van der Waals surface area contributed by atoms with Gasteiger partial charge in [0.2, 0.25) is 6.43 Å². The number of hydrogen-bond acceptors (Lipinski definition) is 2. The van der Waals surface area contributed by atoms with Gasteiger partial charge in [-0.05, 0) is 12.3 Å². The average molecular weight is 193 g/mol. The molecule has 1 aliphatic heterocycles. The standard InChI is InChI=1S/C9H17F2NO/c1-3-6-7(9(10)11)8(13)5(2)4-12-6/h5-9,12-13H,3-4H2,1-2H3/t5-,6+,7+,8+/m1/s1. The highest BCUT2D eigenvalue weighted by Crippen LogP contribution is 2.28. The number of nitrogens with one attached hydrogen (secondary N) is 1. The van der Waals surface area contributed by atoms with Crippen molar-refractivity contribution >= 4 is 0 Å². The Bertz CT molecular complexity index is 164. The Morgan fingerprint density at radius 3 is 2.62 bits per heavy atom. The number of rotatable bonds is 2. The summed E-state index contributed by atoms with van der Waals surface area (Å²) in [5, 5.41) is 12.6. The molecule has 0 aromatic heterocycles. The average Bonchev–Trinajstić information content (AvgIpc) is 2.08. The summed E-state index contributed by atoms with van der Waals surface area (Å²) in [7, 11) is 0. The number of piperidine rings is 1. The largest absolute Gasteiger partial charge is 0.392 e. The van der Waals surface area contributed by atoms with Crippen LogP contribution in [0.25, 0.3) is 0 Å². The van der Waals surface area contributed by atoms with E-state index in [1.54, 1.807) is 6.92 Å². The minimum Gasteiger partial charge on any atom is -0.392 e. The topological polar surface area (TPSA) is 32.3 Å². The van der Waals surface area contributed by atoms with Crippen molar-refractivity contribution in [3.63, 3.8) is 0 Å². The number of hydrogen-bond donors (Lipinski definition) is 2. The second-order valence-electron chi connectivity index (χ2n) is 3.80. The number of alkyl halides is 2. The summed E-state index contributed by atoms with van der Waals surface area (Å²) in [4.78, 5) is 0. The summed E-state index contributed by atoms with van der Waals surface area (Å²) in [6.07, 6.45) is -2.67. The van der Waals surface area contributed by atoms with Crippen molar-refractivity contribution in [2.75, 3.05) is 6.54 Å². The third-order valence-corrected chi connectivity index (χ3v) is 2.87. The Balaban J connectivity index is 2.68. The molecule has 0 bridgehead atoms. The number of aliphatic hydroxyl groups excluding tert-OH is 1. The van der Waals surface area contributed by atoms with E-state index in [2.05, 4.69) is 5.32 Å². The molecule has 0 amide bonds. The molecule has 0 saturated carbocycles. The first-order valence-electron chi connectivity index (χ1n) is 4.77. The lowest BCUT2D eigenvalue weighted by atomic mass is 9.82. The van der Waals surface area contributed by atoms with Crippen LogP contribution >= 0.6 is 0 Å². The van der Waals surface area contributed by atoms with E-state index in [1.165, 1.54) is 0 Å². The molecule has 0 radical (unpaired) electrons. The van der Waals surface area contributed by atoms with Crippen LogP contribution in [0.5, 0.6) is 0 Å². The molecule has 0 unspecified atom stereocenters. The van der Waals surface area contributed by atoms with Crippen LogP contribution in [-0.2, 0) is 0 Å². The van der Waals surface area contributed by atoms with Gasteiger partial charge in [0.25, 0.3) is 0 Å². The Kier molecular flexibility index (Phi) is 3.62. The molecular weight excluding hydrogens is 176 g/mol. The van der Waals surface area contributed by atoms with Gasteiger partial charge >= 0.3 is 0 Å². The van der Waals surface area contributed by atoms with Crippen molar-refractivity contribution in [2.24, 2.45) is 11.8 Å². The minimum absolute atomic E-state index is 0.0817. The summed E-state index contributed by atoms with van der Waals surface area (Å²) in [6, 6.07) is -0.244. The molecule has 13 heavy (non-hydrogen) atoms. The van der Waals surface area contributed by atoms with Crippen LogP contribution in [0.2, 0.25) is 0 Å². The fourth-order valence-electron chi connectivity index (χ4n) is 1.95. The van der Waals surface area contributed by atoms with Crippen LogP contribution in [0.1, 0.15) is 20.3 Å². The molecule has 0 aromatic carbocycles. The third kappa shape index (κ3) is 2.17. The zero-order valence-corrected chi connectivity index (χ0v) is 8.00. The molecule has 4 heteroatoms. The van der Waals surface area contributed by atoms with E-state index in [-0.39, 0.29) is 12.0 Å². The van der Waals surface area contributed by atoms with Crippen molar-refractivity contribution < 1.29 is 13.9 Å². The Hall–Kier alpha value is -0.220. The highest BCUT2D eigenvalue weighted by atomic mass is 19.3. The van der Waals surface area contributed by atoms with Gasteiger partial charge in [0.1, 0.15) is 0 Å². The second-order valence-corrected chi connectivity index (χ2v) is 3.80. The number of halogens is 2. The second kappa shape index (κ2) is 4.33. The molecular formula is C9H17F2NO. The molecule has 1 rings (SSSR count). The molecule has 0 spiro atoms. The van der Waals surface area contributed by atoms with Gasteiger partial charge in [0.05, 0.1) is 12.0 Å². The Morgan fingerprint density at radius 1 is 1.54 bits per heavy atom. The predicted molar refractivity (Wildman–Crippen MR) is 46.7 cm³/mol. The molecule has 1 fully saturated rings. The van der Waals surface area contributed by atoms with Gasteiger partial charge in [0.15, 0.2) is 0 Å². The first-order chi connectivity index (χ1) is 6.07. The van der Waals surface area contributed by atoms with E-state index in [0.29, 0.717) is 13.0 Å². The lowest BCUT2D eigenvalue weighted by Crippen LogP contribution is -2.55. The van der Waals surface area contributed by atoms with E-state index in [1.807, 2.05) is 6.92 Å². The minimum atomic E-state index is -2.44. The zero-order chi connectivity index (χ0) is 10.0. The number of aliphatic hydroxyl groups is 1. The van der Waals surface area contributed by atoms with Crippen LogP contribution < -0.4 is 5.32 Å². The highest BCUT2D eigenvalue weighted by Gasteiger charge is 2.40. The Labute approximate surface area is 77.3 Å². The van der Waals surface area contributed by atoms with Gasteiger partial charge in [-0.1, -0.05) is 13.8 Å². The van der Waals surface area contributed by atoms with Gasteiger partial charge in [-0.15, -0.1) is 0 Å². The SMILES string of the molecule is CC[C@@H]1NC[C@@H](C)[C@H](O)[C@H]1C(F)F. The van der Waals surface area contributed by atoms with Crippen molar-refractivity contribution in [2.45, 2.75) is 38.8 Å². The van der Waals surface area contributed by atoms with Gasteiger partial charge in [-0.3, -0.25) is 0 Å². The van der Waals surface area contributed by atoms with E-state index in [0.717, 1.165) is 0 Å². The smallest absolute Gasteiger partial charge is 0.245 e. The van der Waals surface area contributed by atoms with Crippen LogP contribution in [0.4, 0.5) is 8.78 Å². The van der Waals surface area contributed by atoms with Crippen LogP contribution in [0.3, 0.4) is 0 Å². The maximum atomic E-state index is 12.6. The van der Waals surface area contributed by atoms with E-state index < -0.39 is 18.4 Å². The van der Waals surface area contributed by atoms with Crippen molar-refractivity contribution in [3.8, 4) is 0 Å². The van der Waals surface area contributed by atoms with Gasteiger partial charge in [-0.25, -0.2) is 8.78 Å². The Morgan fingerprint density at radius 2 is 2.15 bits per heavy atom. The normalized spacial score (nSPS) is 41.1. The molecule has 1 aliphatic rings. The van der Waals surface area contributed by atoms with Crippen molar-refractivity contribution in [3.05, 3.63) is 0 Å². The fourth-order valence-corrected chi connectivity index (χ4v) is 1.95. The lowest BCUT2D eigenvalue weighted by Gasteiger charge is -2.39. The lowest BCUT2D eigenvalue weighted by molar-refractivity contribution is -0.0685. The quantitative estimate of drug-likeness (QED) is 0.691. The maximum Gasteiger partial charge on any atom is 0.245 e. The van der Waals surface area contributed by atoms with Gasteiger partial charge < -0.3 is 10.4 Å². The van der Waals surface area contributed by atoms with Crippen molar-refractivity contribution in [1.29, 1.82) is 0 Å². The van der Waals surface area contributed by atoms with E-state index in [4.69, 9.17) is 0 Å². The molecule has 2 N–H and O–H groups in total. The first-order valence-corrected chi connectivity index (χ1v) is 4.77. The summed E-state index contributed by atoms with van der Waals surface area (Å²) in [6.45, 7) is 4.28. The molecule has 78 valence electrons. The summed E-state index contributed by atoms with van der Waals surface area (Å²) < 4.78 is 25.2. The monoisotopic (exact) mass is 193 g/mol. The first kappa shape index (κ1) is 10.9. The molecule has 0 aliphatic carbocycles. The van der Waals surface area contributed by atoms with Gasteiger partial charge in [0, 0.05) is 12.6 Å². The fraction of sp³-hybridized carbons (Fsp3) is 1.00. The predicted octanol–water partition coefficient (Wildman–Crippen LogP) is 1.25. The van der Waals surface area contributed by atoms with Gasteiger partial charge in [-0.2, -0.15) is 0 Å². The molecule has 1 heterocycles. The van der Waals surface area contributed by atoms with Crippen LogP contribution in [-0.4, -0.2) is 30.2 Å². The summed E-state index contributed by atoms with van der Waals surface area (Å²) in [5.74, 6) is -0.990. The maximum absolute atomic E-state index is 12.6. The third-order valence-electron chi connectivity index (χ3n) is 2.87. The highest BCUT2D eigenvalue weighted by molar-refractivity contribution is 4.90. The zero-order valence-electron chi connectivity index (χ0n) is 8.00. The van der Waals surface area contributed by atoms with Crippen molar-refractivity contribution in [1.82, 2.24) is 5.32 Å². The van der Waals surface area contributed by atoms with Crippen LogP contribution in [0, 0.1) is 11.8 Å².